The molecule has 3 rings (SSSR count). The number of hydrogen-bond donors (Lipinski definition) is 2. The van der Waals surface area contributed by atoms with Crippen LogP contribution >= 0.6 is 11.6 Å². The number of alkyl halides is 1. The maximum absolute atomic E-state index is 16.0. The number of fused-ring (bicyclic) bond motifs is 1. The maximum Gasteiger partial charge on any atom is 0.195 e. The Morgan fingerprint density at radius 3 is 2.68 bits per heavy atom. The van der Waals surface area contributed by atoms with Crippen LogP contribution in [0.2, 0.25) is 5.02 Å². The summed E-state index contributed by atoms with van der Waals surface area (Å²) in [4.78, 5) is 16.9. The molecule has 0 fully saturated rings. The predicted molar refractivity (Wildman–Crippen MR) is 111 cm³/mol. The quantitative estimate of drug-likeness (QED) is 0.610. The molecule has 0 saturated carbocycles. The van der Waals surface area contributed by atoms with Gasteiger partial charge in [0.2, 0.25) is 0 Å². The van der Waals surface area contributed by atoms with E-state index in [9.17, 15) is 22.7 Å². The minimum absolute atomic E-state index is 0.0916. The molecule has 2 aromatic rings. The minimum Gasteiger partial charge on any atom is -0.395 e. The van der Waals surface area contributed by atoms with Crippen LogP contribution in [0.25, 0.3) is 0 Å². The summed E-state index contributed by atoms with van der Waals surface area (Å²) in [5, 5.41) is 20.1. The molecule has 2 atom stereocenters. The maximum atomic E-state index is 16.0. The summed E-state index contributed by atoms with van der Waals surface area (Å²) in [5.74, 6) is -2.57. The van der Waals surface area contributed by atoms with Gasteiger partial charge < -0.3 is 10.2 Å². The van der Waals surface area contributed by atoms with Crippen molar-refractivity contribution in [3.63, 3.8) is 0 Å². The number of sulfone groups is 1. The zero-order valence-electron chi connectivity index (χ0n) is 16.5. The van der Waals surface area contributed by atoms with E-state index in [1.54, 1.807) is 0 Å². The van der Waals surface area contributed by atoms with Crippen LogP contribution < -0.4 is 0 Å². The smallest absolute Gasteiger partial charge is 0.195 e. The van der Waals surface area contributed by atoms with Gasteiger partial charge in [-0.25, -0.2) is 17.2 Å². The first kappa shape index (κ1) is 23.7. The van der Waals surface area contributed by atoms with E-state index in [0.717, 1.165) is 6.07 Å². The second-order valence-electron chi connectivity index (χ2n) is 7.71. The standard InChI is InChI=1S/C21H22ClF2NO5S/c22-17-12-15(23)5-3-14(17)4-6-18(27)21(24)8-7-20(28,13-31(29,30)11-10-26)19-16(21)2-1-9-25-19/h1-3,5,9,12,26,28H,4,6-8,10-11,13H2/t20-,21+/m1/s1. The number of aromatic nitrogens is 1. The second kappa shape index (κ2) is 8.90. The van der Waals surface area contributed by atoms with Gasteiger partial charge >= 0.3 is 0 Å². The summed E-state index contributed by atoms with van der Waals surface area (Å²) >= 11 is 5.98. The Kier molecular flexibility index (Phi) is 6.81. The Morgan fingerprint density at radius 1 is 1.26 bits per heavy atom. The third-order valence-electron chi connectivity index (χ3n) is 5.50. The molecular formula is C21H22ClF2NO5S. The topological polar surface area (TPSA) is 105 Å². The van der Waals surface area contributed by atoms with Crippen molar-refractivity contribution >= 4 is 27.2 Å². The molecule has 168 valence electrons. The van der Waals surface area contributed by atoms with E-state index in [-0.39, 0.29) is 35.5 Å². The van der Waals surface area contributed by atoms with Crippen LogP contribution in [0, 0.1) is 5.82 Å². The first-order valence-electron chi connectivity index (χ1n) is 9.66. The molecule has 0 bridgehead atoms. The number of ketones is 1. The van der Waals surface area contributed by atoms with Gasteiger partial charge in [-0.15, -0.1) is 0 Å². The Labute approximate surface area is 183 Å². The van der Waals surface area contributed by atoms with Crippen LogP contribution in [-0.4, -0.2) is 47.5 Å². The highest BCUT2D eigenvalue weighted by Gasteiger charge is 2.52. The van der Waals surface area contributed by atoms with Crippen LogP contribution in [0.3, 0.4) is 0 Å². The number of aryl methyl sites for hydroxylation is 1. The average Bonchev–Trinajstić information content (AvgIpc) is 2.70. The van der Waals surface area contributed by atoms with E-state index in [1.165, 1.54) is 30.5 Å². The van der Waals surface area contributed by atoms with Gasteiger partial charge in [0, 0.05) is 23.2 Å². The fraction of sp³-hybridized carbons (Fsp3) is 0.429. The SMILES string of the molecule is O=C(CCc1ccc(F)cc1Cl)[C@]1(F)CC[C@@](O)(CS(=O)(=O)CCO)c2ncccc21. The number of nitrogens with zero attached hydrogens (tertiary/aromatic N) is 1. The van der Waals surface area contributed by atoms with Crippen molar-refractivity contribution in [2.24, 2.45) is 0 Å². The van der Waals surface area contributed by atoms with Gasteiger partial charge in [0.25, 0.3) is 0 Å². The lowest BCUT2D eigenvalue weighted by Crippen LogP contribution is -2.47. The summed E-state index contributed by atoms with van der Waals surface area (Å²) < 4.78 is 53.5. The highest BCUT2D eigenvalue weighted by atomic mass is 35.5. The van der Waals surface area contributed by atoms with Crippen molar-refractivity contribution in [2.45, 2.75) is 37.0 Å². The molecule has 0 radical (unpaired) electrons. The molecule has 0 saturated heterocycles. The summed E-state index contributed by atoms with van der Waals surface area (Å²) in [6.07, 6.45) is 0.400. The molecule has 1 aromatic heterocycles. The number of rotatable bonds is 8. The van der Waals surface area contributed by atoms with Crippen LogP contribution in [0.15, 0.2) is 36.5 Å². The van der Waals surface area contributed by atoms with Gasteiger partial charge in [-0.1, -0.05) is 23.7 Å². The molecule has 0 spiro atoms. The van der Waals surface area contributed by atoms with Crippen LogP contribution in [0.5, 0.6) is 0 Å². The number of aliphatic hydroxyl groups is 2. The monoisotopic (exact) mass is 473 g/mol. The van der Waals surface area contributed by atoms with Gasteiger partial charge in [0.1, 0.15) is 11.4 Å². The Hall–Kier alpha value is -1.94. The van der Waals surface area contributed by atoms with Crippen LogP contribution in [-0.2, 0) is 32.3 Å². The molecule has 0 amide bonds. The highest BCUT2D eigenvalue weighted by molar-refractivity contribution is 7.91. The fourth-order valence-electron chi connectivity index (χ4n) is 3.90. The van der Waals surface area contributed by atoms with Gasteiger partial charge in [-0.05, 0) is 43.0 Å². The lowest BCUT2D eigenvalue weighted by molar-refractivity contribution is -0.134. The summed E-state index contributed by atoms with van der Waals surface area (Å²) in [6, 6.07) is 6.46. The van der Waals surface area contributed by atoms with Gasteiger partial charge in [0.05, 0.1) is 23.8 Å². The first-order valence-corrected chi connectivity index (χ1v) is 11.9. The first-order chi connectivity index (χ1) is 14.5. The van der Waals surface area contributed by atoms with E-state index < -0.39 is 57.2 Å². The summed E-state index contributed by atoms with van der Waals surface area (Å²) in [6.45, 7) is -0.606. The number of benzene rings is 1. The lowest BCUT2D eigenvalue weighted by Gasteiger charge is -2.39. The largest absolute Gasteiger partial charge is 0.395 e. The lowest BCUT2D eigenvalue weighted by atomic mass is 9.73. The van der Waals surface area contributed by atoms with Crippen LogP contribution in [0.4, 0.5) is 8.78 Å². The number of carbonyl (C=O) groups is 1. The number of Topliss-reactive ketones (excluding diaryl/α,β-unsaturated/α-hetero) is 1. The van der Waals surface area contributed by atoms with E-state index in [0.29, 0.717) is 5.56 Å². The molecule has 1 aliphatic carbocycles. The predicted octanol–water partition coefficient (Wildman–Crippen LogP) is 2.63. The third-order valence-corrected chi connectivity index (χ3v) is 7.57. The second-order valence-corrected chi connectivity index (χ2v) is 10.3. The molecule has 2 N–H and O–H groups in total. The molecule has 1 aliphatic rings. The van der Waals surface area contributed by atoms with E-state index in [2.05, 4.69) is 4.98 Å². The van der Waals surface area contributed by atoms with Gasteiger partial charge in [-0.3, -0.25) is 9.78 Å². The Bertz CT molecular complexity index is 1100. The molecule has 31 heavy (non-hydrogen) atoms. The summed E-state index contributed by atoms with van der Waals surface area (Å²) in [5.41, 5.74) is -4.30. The van der Waals surface area contributed by atoms with E-state index in [1.807, 2.05) is 0 Å². The van der Waals surface area contributed by atoms with Crippen LogP contribution in [0.1, 0.15) is 36.1 Å². The molecule has 1 aromatic carbocycles. The highest BCUT2D eigenvalue weighted by Crippen LogP contribution is 2.46. The molecule has 1 heterocycles. The molecule has 10 heteroatoms. The van der Waals surface area contributed by atoms with Crippen molar-refractivity contribution in [3.05, 3.63) is 64.2 Å². The zero-order valence-corrected chi connectivity index (χ0v) is 18.1. The number of halogens is 3. The van der Waals surface area contributed by atoms with Crippen molar-refractivity contribution in [1.29, 1.82) is 0 Å². The van der Waals surface area contributed by atoms with E-state index >= 15 is 4.39 Å². The number of carbonyl (C=O) groups excluding carboxylic acids is 1. The minimum atomic E-state index is -3.84. The molecular weight excluding hydrogens is 452 g/mol. The zero-order chi connectivity index (χ0) is 22.9. The molecule has 6 nitrogen and oxygen atoms in total. The molecule has 0 aliphatic heterocycles. The number of aliphatic hydroxyl groups excluding tert-OH is 1. The van der Waals surface area contributed by atoms with Gasteiger partial charge in [-0.2, -0.15) is 0 Å². The van der Waals surface area contributed by atoms with Gasteiger partial charge in [0.15, 0.2) is 21.3 Å². The normalized spacial score (nSPS) is 23.4. The Morgan fingerprint density at radius 2 is 2.00 bits per heavy atom. The third kappa shape index (κ3) is 4.95. The molecule has 0 unspecified atom stereocenters. The van der Waals surface area contributed by atoms with E-state index in [4.69, 9.17) is 16.7 Å². The average molecular weight is 474 g/mol. The fourth-order valence-corrected chi connectivity index (χ4v) is 5.60. The number of hydrogen-bond acceptors (Lipinski definition) is 6. The number of pyridine rings is 1. The van der Waals surface area contributed by atoms with Crippen molar-refractivity contribution in [3.8, 4) is 0 Å². The van der Waals surface area contributed by atoms with Crippen molar-refractivity contribution in [1.82, 2.24) is 4.98 Å². The Balaban J connectivity index is 1.88. The van der Waals surface area contributed by atoms with Crippen molar-refractivity contribution < 1.29 is 32.2 Å². The van der Waals surface area contributed by atoms with Crippen molar-refractivity contribution in [2.75, 3.05) is 18.1 Å². The summed E-state index contributed by atoms with van der Waals surface area (Å²) in [7, 11) is -3.84.